The van der Waals surface area contributed by atoms with Crippen LogP contribution in [0.2, 0.25) is 5.02 Å². The van der Waals surface area contributed by atoms with Gasteiger partial charge in [-0.05, 0) is 31.2 Å². The Morgan fingerprint density at radius 1 is 1.50 bits per heavy atom. The number of nitrogens with zero attached hydrogens (tertiary/aromatic N) is 1. The molecule has 1 aromatic rings. The molecule has 0 aliphatic heterocycles. The number of nitrogens with one attached hydrogen (secondary N) is 1. The standard InChI is InChI=1S/C9H12ClN3O/c1-6(9(11)13-14)12-8-4-2-7(10)3-5-8/h2-6,12,14H,1H3,(H2,11,13). The van der Waals surface area contributed by atoms with Gasteiger partial charge >= 0.3 is 0 Å². The molecule has 4 N–H and O–H groups in total. The first-order chi connectivity index (χ1) is 6.63. The minimum Gasteiger partial charge on any atom is -0.409 e. The molecule has 0 saturated heterocycles. The third-order valence-electron chi connectivity index (χ3n) is 1.79. The minimum atomic E-state index is -0.221. The summed E-state index contributed by atoms with van der Waals surface area (Å²) in [5, 5.41) is 15.1. The summed E-state index contributed by atoms with van der Waals surface area (Å²) in [6.45, 7) is 1.80. The number of hydrogen-bond acceptors (Lipinski definition) is 3. The van der Waals surface area contributed by atoms with Crippen molar-refractivity contribution in [2.45, 2.75) is 13.0 Å². The van der Waals surface area contributed by atoms with Gasteiger partial charge in [0.2, 0.25) is 0 Å². The second-order valence-corrected chi connectivity index (χ2v) is 3.33. The van der Waals surface area contributed by atoms with Crippen LogP contribution in [0.3, 0.4) is 0 Å². The van der Waals surface area contributed by atoms with Crippen LogP contribution in [-0.2, 0) is 0 Å². The van der Waals surface area contributed by atoms with Gasteiger partial charge in [-0.2, -0.15) is 0 Å². The van der Waals surface area contributed by atoms with E-state index in [0.717, 1.165) is 5.69 Å². The van der Waals surface area contributed by atoms with Crippen LogP contribution >= 0.6 is 11.6 Å². The van der Waals surface area contributed by atoms with E-state index in [4.69, 9.17) is 22.5 Å². The lowest BCUT2D eigenvalue weighted by molar-refractivity contribution is 0.316. The Balaban J connectivity index is 2.65. The largest absolute Gasteiger partial charge is 0.409 e. The molecule has 5 heteroatoms. The summed E-state index contributed by atoms with van der Waals surface area (Å²) in [5.74, 6) is 0.139. The molecule has 1 unspecified atom stereocenters. The Labute approximate surface area is 87.4 Å². The zero-order chi connectivity index (χ0) is 10.6. The number of hydrogen-bond donors (Lipinski definition) is 3. The van der Waals surface area contributed by atoms with E-state index in [2.05, 4.69) is 10.5 Å². The lowest BCUT2D eigenvalue weighted by Crippen LogP contribution is -2.32. The molecule has 0 radical (unpaired) electrons. The lowest BCUT2D eigenvalue weighted by atomic mass is 10.2. The van der Waals surface area contributed by atoms with E-state index >= 15 is 0 Å². The average Bonchev–Trinajstić information content (AvgIpc) is 2.20. The van der Waals surface area contributed by atoms with Gasteiger partial charge in [0.1, 0.15) is 0 Å². The molecule has 0 fully saturated rings. The molecular weight excluding hydrogens is 202 g/mol. The van der Waals surface area contributed by atoms with Crippen LogP contribution in [0, 0.1) is 0 Å². The normalized spacial score (nSPS) is 13.7. The van der Waals surface area contributed by atoms with Crippen molar-refractivity contribution in [1.82, 2.24) is 0 Å². The second-order valence-electron chi connectivity index (χ2n) is 2.90. The maximum Gasteiger partial charge on any atom is 0.161 e. The van der Waals surface area contributed by atoms with Crippen LogP contribution in [0.25, 0.3) is 0 Å². The highest BCUT2D eigenvalue weighted by Crippen LogP contribution is 2.14. The molecule has 4 nitrogen and oxygen atoms in total. The Bertz CT molecular complexity index is 323. The van der Waals surface area contributed by atoms with Crippen molar-refractivity contribution in [3.63, 3.8) is 0 Å². The Morgan fingerprint density at radius 3 is 2.57 bits per heavy atom. The fourth-order valence-electron chi connectivity index (χ4n) is 0.957. The minimum absolute atomic E-state index is 0.139. The lowest BCUT2D eigenvalue weighted by Gasteiger charge is -2.13. The van der Waals surface area contributed by atoms with Crippen LogP contribution in [-0.4, -0.2) is 17.1 Å². The van der Waals surface area contributed by atoms with E-state index in [-0.39, 0.29) is 11.9 Å². The first-order valence-corrected chi connectivity index (χ1v) is 4.51. The summed E-state index contributed by atoms with van der Waals surface area (Å²) in [6.07, 6.45) is 0. The molecule has 0 aromatic heterocycles. The van der Waals surface area contributed by atoms with E-state index in [9.17, 15) is 0 Å². The number of rotatable bonds is 3. The average molecular weight is 214 g/mol. The molecule has 0 aliphatic carbocycles. The molecule has 0 saturated carbocycles. The van der Waals surface area contributed by atoms with E-state index in [1.54, 1.807) is 19.1 Å². The molecular formula is C9H12ClN3O. The zero-order valence-electron chi connectivity index (χ0n) is 7.74. The fourth-order valence-corrected chi connectivity index (χ4v) is 1.08. The van der Waals surface area contributed by atoms with Crippen LogP contribution < -0.4 is 11.1 Å². The number of oxime groups is 1. The molecule has 1 atom stereocenters. The summed E-state index contributed by atoms with van der Waals surface area (Å²) in [6, 6.07) is 6.96. The summed E-state index contributed by atoms with van der Waals surface area (Å²) in [5.41, 5.74) is 6.27. The molecule has 14 heavy (non-hydrogen) atoms. The Hall–Kier alpha value is -1.42. The molecule has 1 rings (SSSR count). The number of amidine groups is 1. The van der Waals surface area contributed by atoms with Gasteiger partial charge in [-0.15, -0.1) is 0 Å². The second kappa shape index (κ2) is 4.72. The highest BCUT2D eigenvalue weighted by Gasteiger charge is 2.06. The van der Waals surface area contributed by atoms with Gasteiger partial charge in [-0.25, -0.2) is 0 Å². The molecule has 1 aromatic carbocycles. The van der Waals surface area contributed by atoms with Crippen molar-refractivity contribution in [3.05, 3.63) is 29.3 Å². The van der Waals surface area contributed by atoms with Crippen molar-refractivity contribution < 1.29 is 5.21 Å². The third kappa shape index (κ3) is 2.81. The number of nitrogens with two attached hydrogens (primary N) is 1. The number of anilines is 1. The smallest absolute Gasteiger partial charge is 0.161 e. The first kappa shape index (κ1) is 10.7. The van der Waals surface area contributed by atoms with Crippen molar-refractivity contribution in [3.8, 4) is 0 Å². The van der Waals surface area contributed by atoms with Gasteiger partial charge in [-0.3, -0.25) is 0 Å². The number of halogens is 1. The molecule has 0 heterocycles. The van der Waals surface area contributed by atoms with E-state index < -0.39 is 0 Å². The van der Waals surface area contributed by atoms with Crippen LogP contribution in [0.15, 0.2) is 29.4 Å². The van der Waals surface area contributed by atoms with Crippen molar-refractivity contribution in [1.29, 1.82) is 0 Å². The molecule has 0 amide bonds. The highest BCUT2D eigenvalue weighted by atomic mass is 35.5. The van der Waals surface area contributed by atoms with Crippen LogP contribution in [0.4, 0.5) is 5.69 Å². The summed E-state index contributed by atoms with van der Waals surface area (Å²) in [4.78, 5) is 0. The monoisotopic (exact) mass is 213 g/mol. The van der Waals surface area contributed by atoms with E-state index in [0.29, 0.717) is 5.02 Å². The topological polar surface area (TPSA) is 70.6 Å². The Morgan fingerprint density at radius 2 is 2.07 bits per heavy atom. The predicted octanol–water partition coefficient (Wildman–Crippen LogP) is 1.89. The van der Waals surface area contributed by atoms with Crippen molar-refractivity contribution in [2.75, 3.05) is 5.32 Å². The zero-order valence-corrected chi connectivity index (χ0v) is 8.49. The number of benzene rings is 1. The first-order valence-electron chi connectivity index (χ1n) is 4.13. The van der Waals surface area contributed by atoms with Gasteiger partial charge < -0.3 is 16.3 Å². The van der Waals surface area contributed by atoms with Crippen LogP contribution in [0.5, 0.6) is 0 Å². The SMILES string of the molecule is CC(Nc1ccc(Cl)cc1)C(N)=NO. The highest BCUT2D eigenvalue weighted by molar-refractivity contribution is 6.30. The Kier molecular flexibility index (Phi) is 3.59. The van der Waals surface area contributed by atoms with Gasteiger partial charge in [-0.1, -0.05) is 16.8 Å². The van der Waals surface area contributed by atoms with E-state index in [1.165, 1.54) is 0 Å². The maximum absolute atomic E-state index is 8.43. The van der Waals surface area contributed by atoms with Crippen molar-refractivity contribution >= 4 is 23.1 Å². The molecule has 0 bridgehead atoms. The summed E-state index contributed by atoms with van der Waals surface area (Å²) in [7, 11) is 0. The van der Waals surface area contributed by atoms with Gasteiger partial charge in [0, 0.05) is 10.7 Å². The van der Waals surface area contributed by atoms with Crippen molar-refractivity contribution in [2.24, 2.45) is 10.9 Å². The van der Waals surface area contributed by atoms with Gasteiger partial charge in [0.25, 0.3) is 0 Å². The molecule has 0 aliphatic rings. The molecule has 76 valence electrons. The third-order valence-corrected chi connectivity index (χ3v) is 2.04. The van der Waals surface area contributed by atoms with E-state index in [1.807, 2.05) is 12.1 Å². The fraction of sp³-hybridized carbons (Fsp3) is 0.222. The van der Waals surface area contributed by atoms with Crippen LogP contribution in [0.1, 0.15) is 6.92 Å². The van der Waals surface area contributed by atoms with Gasteiger partial charge in [0.05, 0.1) is 6.04 Å². The summed E-state index contributed by atoms with van der Waals surface area (Å²) < 4.78 is 0. The summed E-state index contributed by atoms with van der Waals surface area (Å²) >= 11 is 5.72. The molecule has 0 spiro atoms. The van der Waals surface area contributed by atoms with Gasteiger partial charge in [0.15, 0.2) is 5.84 Å². The quantitative estimate of drug-likeness (QED) is 0.311. The predicted molar refractivity (Wildman–Crippen MR) is 57.9 cm³/mol. The maximum atomic E-state index is 8.43.